The fourth-order valence-electron chi connectivity index (χ4n) is 2.18. The third-order valence-corrected chi connectivity index (χ3v) is 3.17. The number of alkyl halides is 3. The Labute approximate surface area is 124 Å². The van der Waals surface area contributed by atoms with Gasteiger partial charge in [0.2, 0.25) is 0 Å². The molecule has 0 saturated heterocycles. The lowest BCUT2D eigenvalue weighted by Gasteiger charge is -2.21. The van der Waals surface area contributed by atoms with Crippen LogP contribution in [-0.4, -0.2) is 30.5 Å². The minimum Gasteiger partial charge on any atom is -0.370 e. The summed E-state index contributed by atoms with van der Waals surface area (Å²) in [6, 6.07) is 2.28. The lowest BCUT2D eigenvalue weighted by Crippen LogP contribution is -2.26. The van der Waals surface area contributed by atoms with Gasteiger partial charge in [-0.15, -0.1) is 0 Å². The molecule has 3 nitrogen and oxygen atoms in total. The summed E-state index contributed by atoms with van der Waals surface area (Å²) in [4.78, 5) is 0. The van der Waals surface area contributed by atoms with Crippen LogP contribution in [0.4, 0.5) is 13.2 Å². The highest BCUT2D eigenvalue weighted by atomic mass is 19.4. The van der Waals surface area contributed by atoms with Gasteiger partial charge in [0.05, 0.1) is 6.61 Å². The van der Waals surface area contributed by atoms with Gasteiger partial charge in [0, 0.05) is 25.0 Å². The van der Waals surface area contributed by atoms with Crippen LogP contribution in [0.25, 0.3) is 0 Å². The lowest BCUT2D eigenvalue weighted by molar-refractivity contribution is -0.174. The first kappa shape index (κ1) is 18.0. The highest BCUT2D eigenvalue weighted by Crippen LogP contribution is 2.22. The van der Waals surface area contributed by atoms with Gasteiger partial charge in [-0.05, 0) is 30.5 Å². The maximum atomic E-state index is 12.0. The Balaban J connectivity index is 2.47. The van der Waals surface area contributed by atoms with Gasteiger partial charge in [0.15, 0.2) is 0 Å². The second-order valence-electron chi connectivity index (χ2n) is 5.53. The van der Waals surface area contributed by atoms with Crippen LogP contribution in [0.2, 0.25) is 0 Å². The van der Waals surface area contributed by atoms with Crippen molar-refractivity contribution in [3.8, 4) is 0 Å². The number of aromatic nitrogens is 1. The first-order chi connectivity index (χ1) is 9.83. The lowest BCUT2D eigenvalue weighted by atomic mass is 9.98. The Morgan fingerprint density at radius 1 is 1.33 bits per heavy atom. The zero-order chi connectivity index (χ0) is 15.9. The van der Waals surface area contributed by atoms with Crippen molar-refractivity contribution in [1.82, 2.24) is 9.88 Å². The van der Waals surface area contributed by atoms with Crippen molar-refractivity contribution in [2.75, 3.05) is 19.8 Å². The molecule has 0 fully saturated rings. The highest BCUT2D eigenvalue weighted by Gasteiger charge is 2.27. The molecule has 1 aromatic heterocycles. The van der Waals surface area contributed by atoms with Crippen molar-refractivity contribution in [1.29, 1.82) is 0 Å². The van der Waals surface area contributed by atoms with Gasteiger partial charge in [-0.2, -0.15) is 13.2 Å². The molecule has 0 aliphatic carbocycles. The van der Waals surface area contributed by atoms with Crippen LogP contribution in [0, 0.1) is 5.92 Å². The molecule has 6 heteroatoms. The highest BCUT2D eigenvalue weighted by molar-refractivity contribution is 5.16. The van der Waals surface area contributed by atoms with E-state index in [1.807, 2.05) is 23.0 Å². The van der Waals surface area contributed by atoms with E-state index >= 15 is 0 Å². The Morgan fingerprint density at radius 3 is 2.62 bits per heavy atom. The van der Waals surface area contributed by atoms with Crippen LogP contribution in [0.3, 0.4) is 0 Å². The molecule has 1 N–H and O–H groups in total. The molecule has 0 radical (unpaired) electrons. The summed E-state index contributed by atoms with van der Waals surface area (Å²) in [5, 5.41) is 3.49. The van der Waals surface area contributed by atoms with E-state index in [0.29, 0.717) is 12.5 Å². The van der Waals surface area contributed by atoms with Crippen LogP contribution in [0.15, 0.2) is 18.5 Å². The molecule has 0 bridgehead atoms. The molecule has 0 aliphatic heterocycles. The van der Waals surface area contributed by atoms with Crippen LogP contribution in [0.5, 0.6) is 0 Å². The van der Waals surface area contributed by atoms with Gasteiger partial charge < -0.3 is 14.6 Å². The molecule has 21 heavy (non-hydrogen) atoms. The summed E-state index contributed by atoms with van der Waals surface area (Å²) in [6.45, 7) is 6.66. The maximum absolute atomic E-state index is 12.0. The number of ether oxygens (including phenoxy) is 1. The molecule has 0 saturated carbocycles. The molecular weight excluding hydrogens is 281 g/mol. The summed E-state index contributed by atoms with van der Waals surface area (Å²) in [7, 11) is 0. The third-order valence-electron chi connectivity index (χ3n) is 3.17. The van der Waals surface area contributed by atoms with Crippen LogP contribution >= 0.6 is 0 Å². The normalized spacial score (nSPS) is 13.9. The summed E-state index contributed by atoms with van der Waals surface area (Å²) >= 11 is 0. The molecule has 0 aliphatic rings. The average Bonchev–Trinajstić information content (AvgIpc) is 2.82. The monoisotopic (exact) mass is 306 g/mol. The molecular formula is C15H25F3N2O. The van der Waals surface area contributed by atoms with E-state index in [-0.39, 0.29) is 12.6 Å². The summed E-state index contributed by atoms with van der Waals surface area (Å²) in [6.07, 6.45) is 0.670. The first-order valence-electron chi connectivity index (χ1n) is 7.37. The quantitative estimate of drug-likeness (QED) is 0.703. The SMILES string of the molecule is CCCNC(c1ccn(CCOCC(F)(F)F)c1)C(C)C. The van der Waals surface area contributed by atoms with Gasteiger partial charge >= 0.3 is 6.18 Å². The second kappa shape index (κ2) is 8.44. The molecule has 1 heterocycles. The molecule has 0 amide bonds. The molecule has 0 aromatic carbocycles. The summed E-state index contributed by atoms with van der Waals surface area (Å²) in [5.41, 5.74) is 1.16. The van der Waals surface area contributed by atoms with E-state index in [9.17, 15) is 13.2 Å². The van der Waals surface area contributed by atoms with Gasteiger partial charge in [-0.25, -0.2) is 0 Å². The van der Waals surface area contributed by atoms with Gasteiger partial charge in [0.1, 0.15) is 6.61 Å². The minimum atomic E-state index is -4.26. The summed E-state index contributed by atoms with van der Waals surface area (Å²) < 4.78 is 42.4. The van der Waals surface area contributed by atoms with Crippen LogP contribution in [-0.2, 0) is 11.3 Å². The molecule has 1 unspecified atom stereocenters. The zero-order valence-electron chi connectivity index (χ0n) is 12.9. The average molecular weight is 306 g/mol. The van der Waals surface area contributed by atoms with Crippen molar-refractivity contribution < 1.29 is 17.9 Å². The Morgan fingerprint density at radius 2 is 2.05 bits per heavy atom. The largest absolute Gasteiger partial charge is 0.411 e. The number of hydrogen-bond acceptors (Lipinski definition) is 2. The number of halogens is 3. The standard InChI is InChI=1S/C15H25F3N2O/c1-4-6-19-14(12(2)3)13-5-7-20(10-13)8-9-21-11-15(16,17)18/h5,7,10,12,14,19H,4,6,8-9,11H2,1-3H3. The van der Waals surface area contributed by atoms with Crippen molar-refractivity contribution in [3.63, 3.8) is 0 Å². The van der Waals surface area contributed by atoms with Gasteiger partial charge in [-0.3, -0.25) is 0 Å². The van der Waals surface area contributed by atoms with E-state index in [1.54, 1.807) is 0 Å². The fourth-order valence-corrected chi connectivity index (χ4v) is 2.18. The number of hydrogen-bond donors (Lipinski definition) is 1. The fraction of sp³-hybridized carbons (Fsp3) is 0.733. The minimum absolute atomic E-state index is 0.0579. The predicted octanol–water partition coefficient (Wildman–Crippen LogP) is 3.76. The first-order valence-corrected chi connectivity index (χ1v) is 7.37. The third kappa shape index (κ3) is 7.00. The molecule has 0 spiro atoms. The molecule has 1 rings (SSSR count). The predicted molar refractivity (Wildman–Crippen MR) is 77.2 cm³/mol. The zero-order valence-corrected chi connectivity index (χ0v) is 12.9. The van der Waals surface area contributed by atoms with Crippen molar-refractivity contribution in [2.45, 2.75) is 46.0 Å². The van der Waals surface area contributed by atoms with Gasteiger partial charge in [-0.1, -0.05) is 20.8 Å². The van der Waals surface area contributed by atoms with E-state index < -0.39 is 12.8 Å². The van der Waals surface area contributed by atoms with Crippen molar-refractivity contribution >= 4 is 0 Å². The Hall–Kier alpha value is -1.01. The van der Waals surface area contributed by atoms with E-state index in [2.05, 4.69) is 30.8 Å². The summed E-state index contributed by atoms with van der Waals surface area (Å²) in [5.74, 6) is 0.453. The topological polar surface area (TPSA) is 26.2 Å². The van der Waals surface area contributed by atoms with Crippen molar-refractivity contribution in [2.24, 2.45) is 5.92 Å². The van der Waals surface area contributed by atoms with Crippen LogP contribution in [0.1, 0.15) is 38.8 Å². The second-order valence-corrected chi connectivity index (χ2v) is 5.53. The van der Waals surface area contributed by atoms with E-state index in [0.717, 1.165) is 18.5 Å². The van der Waals surface area contributed by atoms with Gasteiger partial charge in [0.25, 0.3) is 0 Å². The number of rotatable bonds is 9. The number of nitrogens with one attached hydrogen (secondary N) is 1. The molecule has 1 aromatic rings. The Bertz CT molecular complexity index is 402. The maximum Gasteiger partial charge on any atom is 0.411 e. The smallest absolute Gasteiger partial charge is 0.370 e. The molecule has 122 valence electrons. The van der Waals surface area contributed by atoms with Crippen molar-refractivity contribution in [3.05, 3.63) is 24.0 Å². The Kier molecular flexibility index (Phi) is 7.25. The van der Waals surface area contributed by atoms with E-state index in [4.69, 9.17) is 0 Å². The molecule has 1 atom stereocenters. The van der Waals surface area contributed by atoms with E-state index in [1.165, 1.54) is 0 Å². The number of nitrogens with zero attached hydrogens (tertiary/aromatic N) is 1. The van der Waals surface area contributed by atoms with Crippen LogP contribution < -0.4 is 5.32 Å².